The summed E-state index contributed by atoms with van der Waals surface area (Å²) in [4.78, 5) is 47.7. The maximum atomic E-state index is 12.9. The quantitative estimate of drug-likeness (QED) is 0.0319. The van der Waals surface area contributed by atoms with E-state index in [0.717, 1.165) is 76.4 Å². The minimum atomic E-state index is -0.480. The molecule has 9 nitrogen and oxygen atoms in total. The highest BCUT2D eigenvalue weighted by molar-refractivity contribution is 5.91. The number of ether oxygens (including phenoxy) is 5. The Morgan fingerprint density at radius 1 is 0.491 bits per heavy atom. The number of rotatable bonds is 31. The van der Waals surface area contributed by atoms with Crippen LogP contribution in [0.5, 0.6) is 17.2 Å². The van der Waals surface area contributed by atoms with Crippen molar-refractivity contribution in [1.82, 2.24) is 0 Å². The third kappa shape index (κ3) is 21.6. The van der Waals surface area contributed by atoms with Gasteiger partial charge in [-0.25, -0.2) is 14.4 Å². The van der Waals surface area contributed by atoms with Crippen LogP contribution in [0, 0.1) is 11.8 Å². The summed E-state index contributed by atoms with van der Waals surface area (Å²) in [5.41, 5.74) is 0.378. The highest BCUT2D eigenvalue weighted by Gasteiger charge is 2.27. The smallest absolute Gasteiger partial charge is 0.343 e. The minimum absolute atomic E-state index is 0.0759. The van der Waals surface area contributed by atoms with Crippen molar-refractivity contribution in [3.8, 4) is 17.2 Å². The molecule has 57 heavy (non-hydrogen) atoms. The van der Waals surface area contributed by atoms with Gasteiger partial charge in [0.05, 0.1) is 31.3 Å². The van der Waals surface area contributed by atoms with Crippen LogP contribution in [0.3, 0.4) is 0 Å². The van der Waals surface area contributed by atoms with E-state index in [9.17, 15) is 19.2 Å². The zero-order chi connectivity index (χ0) is 40.8. The molecule has 2 aromatic carbocycles. The minimum Gasteiger partial charge on any atom is -0.494 e. The second-order valence-electron chi connectivity index (χ2n) is 15.3. The molecule has 3 rings (SSSR count). The van der Waals surface area contributed by atoms with Crippen molar-refractivity contribution >= 4 is 23.9 Å². The summed E-state index contributed by atoms with van der Waals surface area (Å²) in [7, 11) is 0. The fourth-order valence-corrected chi connectivity index (χ4v) is 7.18. The molecule has 1 saturated carbocycles. The maximum Gasteiger partial charge on any atom is 0.343 e. The number of carbonyl (C=O) groups excluding carboxylic acids is 4. The Hall–Kier alpha value is -4.40. The fraction of sp³-hybridized carbons (Fsp3) is 0.583. The van der Waals surface area contributed by atoms with E-state index in [1.165, 1.54) is 89.2 Å². The van der Waals surface area contributed by atoms with Crippen molar-refractivity contribution in [2.24, 2.45) is 11.8 Å². The third-order valence-corrected chi connectivity index (χ3v) is 10.7. The lowest BCUT2D eigenvalue weighted by Gasteiger charge is -2.27. The van der Waals surface area contributed by atoms with Crippen molar-refractivity contribution < 1.29 is 42.9 Å². The van der Waals surface area contributed by atoms with Gasteiger partial charge in [-0.05, 0) is 99.4 Å². The van der Waals surface area contributed by atoms with Gasteiger partial charge in [0.2, 0.25) is 0 Å². The molecule has 1 fully saturated rings. The van der Waals surface area contributed by atoms with Crippen LogP contribution in [0.25, 0.3) is 0 Å². The Bertz CT molecular complexity index is 1440. The van der Waals surface area contributed by atoms with Crippen molar-refractivity contribution in [3.63, 3.8) is 0 Å². The first-order chi connectivity index (χ1) is 27.9. The van der Waals surface area contributed by atoms with Crippen LogP contribution in [-0.2, 0) is 23.9 Å². The van der Waals surface area contributed by atoms with Gasteiger partial charge in [-0.2, -0.15) is 0 Å². The first-order valence-electron chi connectivity index (χ1n) is 21.7. The van der Waals surface area contributed by atoms with Gasteiger partial charge in [-0.15, -0.1) is 0 Å². The van der Waals surface area contributed by atoms with E-state index in [2.05, 4.69) is 13.2 Å². The largest absolute Gasteiger partial charge is 0.494 e. The van der Waals surface area contributed by atoms with Crippen molar-refractivity contribution in [3.05, 3.63) is 79.4 Å². The van der Waals surface area contributed by atoms with Crippen LogP contribution in [0.4, 0.5) is 0 Å². The van der Waals surface area contributed by atoms with Gasteiger partial charge >= 0.3 is 23.9 Å². The SMILES string of the molecule is C=CC(=O)OCCCCCCCCCCCOc1ccc(OC(=O)c2ccc(OC(=O)C3CCC(CCCCCCCCCCCOC(=O)C=C)CC3)cc2)cc1. The predicted molar refractivity (Wildman–Crippen MR) is 224 cm³/mol. The molecule has 0 aliphatic heterocycles. The second kappa shape index (κ2) is 29.8. The van der Waals surface area contributed by atoms with Gasteiger partial charge in [0.25, 0.3) is 0 Å². The average Bonchev–Trinajstić information content (AvgIpc) is 3.23. The van der Waals surface area contributed by atoms with E-state index in [1.807, 2.05) is 0 Å². The summed E-state index contributed by atoms with van der Waals surface area (Å²) in [6, 6.07) is 13.6. The average molecular weight is 789 g/mol. The van der Waals surface area contributed by atoms with Crippen LogP contribution in [0.15, 0.2) is 73.8 Å². The topological polar surface area (TPSA) is 114 Å². The van der Waals surface area contributed by atoms with E-state index in [4.69, 9.17) is 23.7 Å². The zero-order valence-corrected chi connectivity index (χ0v) is 34.4. The summed E-state index contributed by atoms with van der Waals surface area (Å²) in [6.07, 6.45) is 28.4. The van der Waals surface area contributed by atoms with Gasteiger partial charge in [-0.1, -0.05) is 116 Å². The number of benzene rings is 2. The molecule has 0 spiro atoms. The van der Waals surface area contributed by atoms with E-state index in [0.29, 0.717) is 42.8 Å². The molecule has 314 valence electrons. The molecule has 0 bridgehead atoms. The summed E-state index contributed by atoms with van der Waals surface area (Å²) in [5.74, 6) is 0.873. The number of hydrogen-bond donors (Lipinski definition) is 0. The number of unbranched alkanes of at least 4 members (excludes halogenated alkanes) is 16. The van der Waals surface area contributed by atoms with Crippen LogP contribution in [0.2, 0.25) is 0 Å². The molecule has 0 N–H and O–H groups in total. The highest BCUT2D eigenvalue weighted by Crippen LogP contribution is 2.33. The number of carbonyl (C=O) groups is 4. The highest BCUT2D eigenvalue weighted by atomic mass is 16.5. The summed E-state index contributed by atoms with van der Waals surface area (Å²) >= 11 is 0. The molecule has 2 aromatic rings. The van der Waals surface area contributed by atoms with E-state index in [1.54, 1.807) is 48.5 Å². The molecule has 9 heteroatoms. The van der Waals surface area contributed by atoms with E-state index >= 15 is 0 Å². The standard InChI is InChI=1S/C48H68O9/c1-3-45(49)54-37-21-17-13-8-5-7-11-15-19-23-39-24-26-40(27-25-39)47(51)56-43-30-28-41(29-31-43)48(52)57-44-34-32-42(33-35-44)53-36-20-16-12-9-6-10-14-18-22-38-55-46(50)4-2/h3-4,28-35,39-40H,1-2,5-27,36-38H2. The molecule has 0 unspecified atom stereocenters. The van der Waals surface area contributed by atoms with Crippen LogP contribution < -0.4 is 14.2 Å². The van der Waals surface area contributed by atoms with Crippen molar-refractivity contribution in [2.75, 3.05) is 19.8 Å². The van der Waals surface area contributed by atoms with Gasteiger partial charge in [-0.3, -0.25) is 4.79 Å². The Morgan fingerprint density at radius 2 is 0.895 bits per heavy atom. The maximum absolute atomic E-state index is 12.9. The van der Waals surface area contributed by atoms with E-state index in [-0.39, 0.29) is 23.8 Å². The van der Waals surface area contributed by atoms with Crippen molar-refractivity contribution in [2.45, 2.75) is 148 Å². The molecule has 0 atom stereocenters. The van der Waals surface area contributed by atoms with Crippen LogP contribution in [-0.4, -0.2) is 43.7 Å². The monoisotopic (exact) mass is 788 g/mol. The molecular weight excluding hydrogens is 721 g/mol. The number of hydrogen-bond acceptors (Lipinski definition) is 9. The lowest BCUT2D eigenvalue weighted by molar-refractivity contribution is -0.140. The second-order valence-corrected chi connectivity index (χ2v) is 15.3. The van der Waals surface area contributed by atoms with Gasteiger partial charge in [0.15, 0.2) is 0 Å². The molecule has 0 aromatic heterocycles. The molecule has 1 aliphatic carbocycles. The molecule has 1 aliphatic rings. The molecule has 0 radical (unpaired) electrons. The summed E-state index contributed by atoms with van der Waals surface area (Å²) in [5, 5.41) is 0. The number of esters is 4. The van der Waals surface area contributed by atoms with Gasteiger partial charge < -0.3 is 23.7 Å². The fourth-order valence-electron chi connectivity index (χ4n) is 7.18. The predicted octanol–water partition coefficient (Wildman–Crippen LogP) is 11.9. The Labute approximate surface area is 341 Å². The van der Waals surface area contributed by atoms with E-state index < -0.39 is 5.97 Å². The third-order valence-electron chi connectivity index (χ3n) is 10.7. The van der Waals surface area contributed by atoms with Gasteiger partial charge in [0.1, 0.15) is 17.2 Å². The Morgan fingerprint density at radius 3 is 1.39 bits per heavy atom. The normalized spacial score (nSPS) is 14.9. The Kier molecular flexibility index (Phi) is 24.5. The first kappa shape index (κ1) is 47.0. The first-order valence-corrected chi connectivity index (χ1v) is 21.7. The summed E-state index contributed by atoms with van der Waals surface area (Å²) in [6.45, 7) is 8.40. The van der Waals surface area contributed by atoms with Crippen molar-refractivity contribution in [1.29, 1.82) is 0 Å². The molecule has 0 heterocycles. The summed E-state index contributed by atoms with van der Waals surface area (Å²) < 4.78 is 27.1. The van der Waals surface area contributed by atoms with Gasteiger partial charge in [0, 0.05) is 12.2 Å². The lowest BCUT2D eigenvalue weighted by Crippen LogP contribution is -2.25. The van der Waals surface area contributed by atoms with Crippen LogP contribution in [0.1, 0.15) is 158 Å². The zero-order valence-electron chi connectivity index (χ0n) is 34.4. The Balaban J connectivity index is 1.18. The molecular formula is C48H68O9. The molecule has 0 amide bonds. The van der Waals surface area contributed by atoms with Crippen LogP contribution >= 0.6 is 0 Å². The molecule has 0 saturated heterocycles. The lowest BCUT2D eigenvalue weighted by atomic mass is 9.80.